The molecule has 0 saturated heterocycles. The molecule has 4 heteroatoms. The fourth-order valence-corrected chi connectivity index (χ4v) is 2.48. The Hall–Kier alpha value is -0.630. The van der Waals surface area contributed by atoms with Crippen molar-refractivity contribution in [2.45, 2.75) is 31.7 Å². The van der Waals surface area contributed by atoms with Crippen molar-refractivity contribution in [2.24, 2.45) is 5.92 Å². The topological polar surface area (TPSA) is 56.5 Å². The van der Waals surface area contributed by atoms with Crippen LogP contribution in [0.25, 0.3) is 0 Å². The zero-order valence-electron chi connectivity index (χ0n) is 10.1. The molecule has 0 heterocycles. The number of aliphatic hydroxyl groups excluding tert-OH is 1. The molecule has 1 saturated carbocycles. The van der Waals surface area contributed by atoms with E-state index in [0.717, 1.165) is 25.8 Å². The fraction of sp³-hybridized carbons (Fsp3) is 0.917. The second-order valence-corrected chi connectivity index (χ2v) is 4.34. The van der Waals surface area contributed by atoms with Crippen LogP contribution in [0.4, 0.5) is 0 Å². The summed E-state index contributed by atoms with van der Waals surface area (Å²) in [4.78, 5) is 2.20. The Morgan fingerprint density at radius 1 is 1.38 bits per heavy atom. The molecule has 16 heavy (non-hydrogen) atoms. The normalized spacial score (nSPS) is 25.6. The van der Waals surface area contributed by atoms with E-state index in [1.165, 1.54) is 6.42 Å². The van der Waals surface area contributed by atoms with E-state index in [2.05, 4.69) is 11.0 Å². The number of methoxy groups -OCH3 is 1. The van der Waals surface area contributed by atoms with Gasteiger partial charge in [0.15, 0.2) is 0 Å². The molecule has 0 aromatic rings. The van der Waals surface area contributed by atoms with E-state index in [1.54, 1.807) is 7.11 Å². The summed E-state index contributed by atoms with van der Waals surface area (Å²) in [6.45, 7) is 2.26. The Balaban J connectivity index is 2.55. The molecule has 0 spiro atoms. The standard InChI is InChI=1S/C12H22N2O2/c1-16-9-7-14(6-8-15)12-5-3-2-4-11(12)10-13/h11-12,15H,2-9H2,1H3. The molecule has 0 aromatic carbocycles. The second kappa shape index (κ2) is 7.61. The summed E-state index contributed by atoms with van der Waals surface area (Å²) in [6, 6.07) is 2.71. The number of ether oxygens (including phenoxy) is 1. The van der Waals surface area contributed by atoms with Crippen molar-refractivity contribution in [3.63, 3.8) is 0 Å². The zero-order chi connectivity index (χ0) is 11.8. The summed E-state index contributed by atoms with van der Waals surface area (Å²) in [5.41, 5.74) is 0. The number of hydrogen-bond acceptors (Lipinski definition) is 4. The Kier molecular flexibility index (Phi) is 6.39. The second-order valence-electron chi connectivity index (χ2n) is 4.34. The number of aliphatic hydroxyl groups is 1. The number of hydrogen-bond donors (Lipinski definition) is 1. The highest BCUT2D eigenvalue weighted by atomic mass is 16.5. The summed E-state index contributed by atoms with van der Waals surface area (Å²) >= 11 is 0. The lowest BCUT2D eigenvalue weighted by atomic mass is 9.84. The largest absolute Gasteiger partial charge is 0.395 e. The number of nitrogens with zero attached hydrogens (tertiary/aromatic N) is 2. The lowest BCUT2D eigenvalue weighted by molar-refractivity contribution is 0.0706. The van der Waals surface area contributed by atoms with Crippen molar-refractivity contribution in [1.29, 1.82) is 5.26 Å². The third-order valence-corrected chi connectivity index (χ3v) is 3.33. The van der Waals surface area contributed by atoms with E-state index >= 15 is 0 Å². The lowest BCUT2D eigenvalue weighted by Crippen LogP contribution is -2.45. The van der Waals surface area contributed by atoms with Gasteiger partial charge in [-0.1, -0.05) is 12.8 Å². The Bertz CT molecular complexity index is 228. The molecule has 0 aliphatic heterocycles. The fourth-order valence-electron chi connectivity index (χ4n) is 2.48. The van der Waals surface area contributed by atoms with Gasteiger partial charge in [0.25, 0.3) is 0 Å². The van der Waals surface area contributed by atoms with Crippen molar-refractivity contribution < 1.29 is 9.84 Å². The molecule has 1 rings (SSSR count). The van der Waals surface area contributed by atoms with Crippen molar-refractivity contribution in [3.05, 3.63) is 0 Å². The van der Waals surface area contributed by atoms with Gasteiger partial charge >= 0.3 is 0 Å². The van der Waals surface area contributed by atoms with E-state index < -0.39 is 0 Å². The average molecular weight is 226 g/mol. The van der Waals surface area contributed by atoms with Crippen LogP contribution in [0.2, 0.25) is 0 Å². The zero-order valence-corrected chi connectivity index (χ0v) is 10.1. The average Bonchev–Trinajstić information content (AvgIpc) is 2.34. The van der Waals surface area contributed by atoms with Gasteiger partial charge in [0.2, 0.25) is 0 Å². The van der Waals surface area contributed by atoms with Crippen LogP contribution in [0.3, 0.4) is 0 Å². The molecular formula is C12H22N2O2. The van der Waals surface area contributed by atoms with Gasteiger partial charge in [0.05, 0.1) is 25.2 Å². The van der Waals surface area contributed by atoms with Crippen LogP contribution in [0.15, 0.2) is 0 Å². The predicted octanol–water partition coefficient (Wildman–Crippen LogP) is 1.01. The predicted molar refractivity (Wildman–Crippen MR) is 61.9 cm³/mol. The van der Waals surface area contributed by atoms with Crippen molar-refractivity contribution in [2.75, 3.05) is 33.4 Å². The maximum atomic E-state index is 9.13. The van der Waals surface area contributed by atoms with Gasteiger partial charge in [-0.15, -0.1) is 0 Å². The highest BCUT2D eigenvalue weighted by Crippen LogP contribution is 2.27. The minimum atomic E-state index is 0.122. The van der Waals surface area contributed by atoms with Gasteiger partial charge in [0, 0.05) is 26.2 Å². The first-order valence-electron chi connectivity index (χ1n) is 6.07. The Morgan fingerprint density at radius 2 is 2.12 bits per heavy atom. The third kappa shape index (κ3) is 3.75. The van der Waals surface area contributed by atoms with Gasteiger partial charge in [-0.2, -0.15) is 5.26 Å². The molecule has 1 aliphatic carbocycles. The van der Waals surface area contributed by atoms with Gasteiger partial charge in [0.1, 0.15) is 0 Å². The van der Waals surface area contributed by atoms with Gasteiger partial charge < -0.3 is 9.84 Å². The summed E-state index contributed by atoms with van der Waals surface area (Å²) in [5.74, 6) is 0.122. The van der Waals surface area contributed by atoms with Crippen molar-refractivity contribution >= 4 is 0 Å². The maximum absolute atomic E-state index is 9.13. The monoisotopic (exact) mass is 226 g/mol. The Morgan fingerprint density at radius 3 is 2.75 bits per heavy atom. The molecule has 1 fully saturated rings. The molecule has 0 amide bonds. The molecule has 0 radical (unpaired) electrons. The molecule has 2 atom stereocenters. The molecule has 1 N–H and O–H groups in total. The maximum Gasteiger partial charge on any atom is 0.0672 e. The van der Waals surface area contributed by atoms with Crippen molar-refractivity contribution in [3.8, 4) is 6.07 Å². The van der Waals surface area contributed by atoms with E-state index in [9.17, 15) is 0 Å². The third-order valence-electron chi connectivity index (χ3n) is 3.33. The molecule has 0 bridgehead atoms. The highest BCUT2D eigenvalue weighted by Gasteiger charge is 2.29. The summed E-state index contributed by atoms with van der Waals surface area (Å²) in [5, 5.41) is 18.2. The first-order valence-corrected chi connectivity index (χ1v) is 6.07. The van der Waals surface area contributed by atoms with Crippen LogP contribution in [0, 0.1) is 17.2 Å². The molecule has 92 valence electrons. The first kappa shape index (κ1) is 13.4. The van der Waals surface area contributed by atoms with E-state index in [4.69, 9.17) is 15.1 Å². The van der Waals surface area contributed by atoms with Crippen LogP contribution in [0.1, 0.15) is 25.7 Å². The minimum absolute atomic E-state index is 0.122. The number of nitriles is 1. The molecule has 4 nitrogen and oxygen atoms in total. The molecular weight excluding hydrogens is 204 g/mol. The van der Waals surface area contributed by atoms with Crippen molar-refractivity contribution in [1.82, 2.24) is 4.90 Å². The first-order chi connectivity index (χ1) is 7.83. The Labute approximate surface area is 97.8 Å². The van der Waals surface area contributed by atoms with E-state index in [1.807, 2.05) is 0 Å². The lowest BCUT2D eigenvalue weighted by Gasteiger charge is -2.36. The minimum Gasteiger partial charge on any atom is -0.395 e. The quantitative estimate of drug-likeness (QED) is 0.734. The smallest absolute Gasteiger partial charge is 0.0672 e. The van der Waals surface area contributed by atoms with Crippen LogP contribution in [0.5, 0.6) is 0 Å². The summed E-state index contributed by atoms with van der Waals surface area (Å²) < 4.78 is 5.07. The molecule has 2 unspecified atom stereocenters. The van der Waals surface area contributed by atoms with Gasteiger partial charge in [-0.05, 0) is 12.8 Å². The van der Waals surface area contributed by atoms with E-state index in [-0.39, 0.29) is 12.5 Å². The molecule has 1 aliphatic rings. The van der Waals surface area contributed by atoms with Crippen LogP contribution in [-0.4, -0.2) is 49.5 Å². The van der Waals surface area contributed by atoms with Crippen LogP contribution < -0.4 is 0 Å². The SMILES string of the molecule is COCCN(CCO)C1CCCCC1C#N. The van der Waals surface area contributed by atoms with E-state index in [0.29, 0.717) is 19.2 Å². The highest BCUT2D eigenvalue weighted by molar-refractivity contribution is 4.95. The van der Waals surface area contributed by atoms with Gasteiger partial charge in [-0.25, -0.2) is 0 Å². The molecule has 0 aromatic heterocycles. The van der Waals surface area contributed by atoms with Crippen LogP contribution in [-0.2, 0) is 4.74 Å². The number of rotatable bonds is 6. The van der Waals surface area contributed by atoms with Crippen LogP contribution >= 0.6 is 0 Å². The summed E-state index contributed by atoms with van der Waals surface area (Å²) in [7, 11) is 1.68. The van der Waals surface area contributed by atoms with Gasteiger partial charge in [-0.3, -0.25) is 4.90 Å². The summed E-state index contributed by atoms with van der Waals surface area (Å²) in [6.07, 6.45) is 4.42.